The summed E-state index contributed by atoms with van der Waals surface area (Å²) >= 11 is 0. The summed E-state index contributed by atoms with van der Waals surface area (Å²) in [5.74, 6) is -0.158. The standard InChI is InChI=1S/C12H16O4/c1-3-15-12(14)8-16-9(2)10-4-6-11(13)7-5-10/h4-7,9,13H,3,8H2,1-2H3/t9-/m1/s1. The van der Waals surface area contributed by atoms with Gasteiger partial charge in [0.15, 0.2) is 0 Å². The molecule has 0 amide bonds. The van der Waals surface area contributed by atoms with Gasteiger partial charge < -0.3 is 14.6 Å². The molecule has 0 bridgehead atoms. The Morgan fingerprint density at radius 3 is 2.56 bits per heavy atom. The van der Waals surface area contributed by atoms with Gasteiger partial charge in [0.25, 0.3) is 0 Å². The van der Waals surface area contributed by atoms with Crippen molar-refractivity contribution < 1.29 is 19.4 Å². The fourth-order valence-electron chi connectivity index (χ4n) is 1.24. The number of phenolic OH excluding ortho intramolecular Hbond substituents is 1. The number of phenols is 1. The van der Waals surface area contributed by atoms with E-state index in [1.807, 2.05) is 6.92 Å². The lowest BCUT2D eigenvalue weighted by atomic mass is 10.1. The van der Waals surface area contributed by atoms with Crippen LogP contribution in [0.3, 0.4) is 0 Å². The Kier molecular flexibility index (Phi) is 4.79. The van der Waals surface area contributed by atoms with Gasteiger partial charge >= 0.3 is 5.97 Å². The Labute approximate surface area is 94.8 Å². The molecular weight excluding hydrogens is 208 g/mol. The topological polar surface area (TPSA) is 55.8 Å². The first-order chi connectivity index (χ1) is 7.63. The van der Waals surface area contributed by atoms with Crippen LogP contribution in [-0.4, -0.2) is 24.3 Å². The van der Waals surface area contributed by atoms with Crippen LogP contribution >= 0.6 is 0 Å². The molecule has 1 aromatic rings. The third kappa shape index (κ3) is 3.90. The largest absolute Gasteiger partial charge is 0.508 e. The Morgan fingerprint density at radius 2 is 2.00 bits per heavy atom. The number of hydrogen-bond donors (Lipinski definition) is 1. The summed E-state index contributed by atoms with van der Waals surface area (Å²) in [4.78, 5) is 11.0. The number of carbonyl (C=O) groups is 1. The minimum absolute atomic E-state index is 0.0596. The number of hydrogen-bond acceptors (Lipinski definition) is 4. The third-order valence-corrected chi connectivity index (χ3v) is 2.12. The summed E-state index contributed by atoms with van der Waals surface area (Å²) in [5.41, 5.74) is 0.905. The number of carbonyl (C=O) groups excluding carboxylic acids is 1. The highest BCUT2D eigenvalue weighted by atomic mass is 16.6. The molecule has 0 aliphatic rings. The quantitative estimate of drug-likeness (QED) is 0.777. The van der Waals surface area contributed by atoms with Gasteiger partial charge in [-0.3, -0.25) is 0 Å². The zero-order chi connectivity index (χ0) is 12.0. The molecular formula is C12H16O4. The smallest absolute Gasteiger partial charge is 0.332 e. The average molecular weight is 224 g/mol. The van der Waals surface area contributed by atoms with Gasteiger partial charge in [0.05, 0.1) is 12.7 Å². The number of rotatable bonds is 5. The molecule has 1 aromatic carbocycles. The first-order valence-electron chi connectivity index (χ1n) is 5.19. The van der Waals surface area contributed by atoms with Crippen molar-refractivity contribution in [3.8, 4) is 5.75 Å². The van der Waals surface area contributed by atoms with Crippen molar-refractivity contribution in [2.75, 3.05) is 13.2 Å². The number of esters is 1. The van der Waals surface area contributed by atoms with Crippen LogP contribution in [0.25, 0.3) is 0 Å². The van der Waals surface area contributed by atoms with Crippen molar-refractivity contribution in [3.05, 3.63) is 29.8 Å². The summed E-state index contributed by atoms with van der Waals surface area (Å²) in [6.45, 7) is 3.89. The van der Waals surface area contributed by atoms with E-state index in [1.165, 1.54) is 0 Å². The first-order valence-corrected chi connectivity index (χ1v) is 5.19. The lowest BCUT2D eigenvalue weighted by Crippen LogP contribution is -2.14. The minimum atomic E-state index is -0.367. The van der Waals surface area contributed by atoms with Crippen LogP contribution in [0.4, 0.5) is 0 Å². The SMILES string of the molecule is CCOC(=O)CO[C@H](C)c1ccc(O)cc1. The fourth-order valence-corrected chi connectivity index (χ4v) is 1.24. The van der Waals surface area contributed by atoms with Gasteiger partial charge in [-0.15, -0.1) is 0 Å². The molecule has 0 heterocycles. The molecule has 0 radical (unpaired) electrons. The predicted molar refractivity (Wildman–Crippen MR) is 59.1 cm³/mol. The molecule has 0 unspecified atom stereocenters. The maximum Gasteiger partial charge on any atom is 0.332 e. The van der Waals surface area contributed by atoms with Crippen LogP contribution in [0.1, 0.15) is 25.5 Å². The molecule has 1 atom stereocenters. The fraction of sp³-hybridized carbons (Fsp3) is 0.417. The molecule has 0 aliphatic carbocycles. The van der Waals surface area contributed by atoms with E-state index in [0.29, 0.717) is 6.61 Å². The van der Waals surface area contributed by atoms with Crippen molar-refractivity contribution in [1.82, 2.24) is 0 Å². The van der Waals surface area contributed by atoms with Crippen LogP contribution < -0.4 is 0 Å². The molecule has 0 aliphatic heterocycles. The highest BCUT2D eigenvalue weighted by molar-refractivity contribution is 5.70. The maximum absolute atomic E-state index is 11.0. The molecule has 1 N–H and O–H groups in total. The van der Waals surface area contributed by atoms with Crippen LogP contribution in [0.5, 0.6) is 5.75 Å². The van der Waals surface area contributed by atoms with E-state index in [4.69, 9.17) is 14.6 Å². The highest BCUT2D eigenvalue weighted by Crippen LogP contribution is 2.19. The second-order valence-electron chi connectivity index (χ2n) is 3.35. The normalized spacial score (nSPS) is 12.1. The number of benzene rings is 1. The molecule has 16 heavy (non-hydrogen) atoms. The second kappa shape index (κ2) is 6.12. The molecule has 0 saturated heterocycles. The molecule has 1 rings (SSSR count). The van der Waals surface area contributed by atoms with E-state index in [1.54, 1.807) is 31.2 Å². The van der Waals surface area contributed by atoms with Crippen LogP contribution in [0, 0.1) is 0 Å². The van der Waals surface area contributed by atoms with E-state index in [2.05, 4.69) is 0 Å². The van der Waals surface area contributed by atoms with Gasteiger partial charge in [-0.1, -0.05) is 12.1 Å². The van der Waals surface area contributed by atoms with Crippen molar-refractivity contribution in [3.63, 3.8) is 0 Å². The molecule has 0 saturated carbocycles. The third-order valence-electron chi connectivity index (χ3n) is 2.12. The minimum Gasteiger partial charge on any atom is -0.508 e. The van der Waals surface area contributed by atoms with Crippen LogP contribution in [-0.2, 0) is 14.3 Å². The molecule has 0 spiro atoms. The Balaban J connectivity index is 2.43. The zero-order valence-corrected chi connectivity index (χ0v) is 9.47. The lowest BCUT2D eigenvalue weighted by Gasteiger charge is -2.12. The second-order valence-corrected chi connectivity index (χ2v) is 3.35. The Hall–Kier alpha value is -1.55. The van der Waals surface area contributed by atoms with E-state index in [0.717, 1.165) is 5.56 Å². The number of aromatic hydroxyl groups is 1. The Bertz CT molecular complexity index is 331. The van der Waals surface area contributed by atoms with E-state index >= 15 is 0 Å². The predicted octanol–water partition coefficient (Wildman–Crippen LogP) is 2.03. The van der Waals surface area contributed by atoms with Gasteiger partial charge in [-0.2, -0.15) is 0 Å². The lowest BCUT2D eigenvalue weighted by molar-refractivity contribution is -0.150. The van der Waals surface area contributed by atoms with E-state index < -0.39 is 0 Å². The van der Waals surface area contributed by atoms with Crippen molar-refractivity contribution in [1.29, 1.82) is 0 Å². The maximum atomic E-state index is 11.0. The monoisotopic (exact) mass is 224 g/mol. The molecule has 4 heteroatoms. The van der Waals surface area contributed by atoms with Gasteiger partial charge in [0.2, 0.25) is 0 Å². The van der Waals surface area contributed by atoms with Crippen LogP contribution in [0.2, 0.25) is 0 Å². The molecule has 0 aromatic heterocycles. The van der Waals surface area contributed by atoms with Gasteiger partial charge in [-0.25, -0.2) is 4.79 Å². The first kappa shape index (κ1) is 12.5. The van der Waals surface area contributed by atoms with Crippen molar-refractivity contribution in [2.45, 2.75) is 20.0 Å². The Morgan fingerprint density at radius 1 is 1.38 bits per heavy atom. The van der Waals surface area contributed by atoms with Gasteiger partial charge in [0.1, 0.15) is 12.4 Å². The molecule has 88 valence electrons. The summed E-state index contributed by atoms with van der Waals surface area (Å²) in [5, 5.41) is 9.11. The highest BCUT2D eigenvalue weighted by Gasteiger charge is 2.09. The van der Waals surface area contributed by atoms with Crippen LogP contribution in [0.15, 0.2) is 24.3 Å². The van der Waals surface area contributed by atoms with E-state index in [-0.39, 0.29) is 24.4 Å². The molecule has 4 nitrogen and oxygen atoms in total. The summed E-state index contributed by atoms with van der Waals surface area (Å²) in [7, 11) is 0. The van der Waals surface area contributed by atoms with Crippen molar-refractivity contribution >= 4 is 5.97 Å². The average Bonchev–Trinajstić information content (AvgIpc) is 2.27. The summed E-state index contributed by atoms with van der Waals surface area (Å²) in [6, 6.07) is 6.68. The number of ether oxygens (including phenoxy) is 2. The summed E-state index contributed by atoms with van der Waals surface area (Å²) in [6.07, 6.45) is -0.204. The zero-order valence-electron chi connectivity index (χ0n) is 9.47. The van der Waals surface area contributed by atoms with Gasteiger partial charge in [-0.05, 0) is 31.5 Å². The van der Waals surface area contributed by atoms with E-state index in [9.17, 15) is 4.79 Å². The molecule has 0 fully saturated rings. The van der Waals surface area contributed by atoms with Gasteiger partial charge in [0, 0.05) is 0 Å². The summed E-state index contributed by atoms with van der Waals surface area (Å²) < 4.78 is 10.1. The van der Waals surface area contributed by atoms with Crippen molar-refractivity contribution in [2.24, 2.45) is 0 Å².